The quantitative estimate of drug-likeness (QED) is 0.892. The Morgan fingerprint density at radius 2 is 1.90 bits per heavy atom. The summed E-state index contributed by atoms with van der Waals surface area (Å²) in [6, 6.07) is 5.25. The van der Waals surface area contributed by atoms with Gasteiger partial charge in [-0.05, 0) is 54.9 Å². The molecule has 108 valence electrons. The molecule has 0 aliphatic heterocycles. The van der Waals surface area contributed by atoms with Crippen LogP contribution in [0.5, 0.6) is 0 Å². The van der Waals surface area contributed by atoms with Gasteiger partial charge in [0.1, 0.15) is 0 Å². The van der Waals surface area contributed by atoms with Crippen molar-refractivity contribution < 1.29 is 8.42 Å². The van der Waals surface area contributed by atoms with Crippen LogP contribution in [0.2, 0.25) is 0 Å². The van der Waals surface area contributed by atoms with Crippen LogP contribution in [0.1, 0.15) is 20.8 Å². The largest absolute Gasteiger partial charge is 0.388 e. The number of fused-ring (bicyclic) bond motifs is 1. The summed E-state index contributed by atoms with van der Waals surface area (Å²) in [5.74, 6) is 0. The van der Waals surface area contributed by atoms with Crippen LogP contribution >= 0.6 is 15.9 Å². The standard InChI is InChI=1S/C14H17BrN2O2S/c1-14(2,3)20(18,19)13-7-9-11(16-4)5-6-17-12(9)8-10(13)15/h5-8H,1-4H3,(H,16,17). The molecule has 6 heteroatoms. The van der Waals surface area contributed by atoms with Crippen LogP contribution in [0.15, 0.2) is 33.8 Å². The third kappa shape index (κ3) is 2.42. The van der Waals surface area contributed by atoms with Crippen LogP contribution in [0, 0.1) is 0 Å². The van der Waals surface area contributed by atoms with Crippen molar-refractivity contribution in [2.75, 3.05) is 12.4 Å². The molecule has 1 aromatic carbocycles. The average Bonchev–Trinajstić information content (AvgIpc) is 2.35. The third-order valence-corrected chi connectivity index (χ3v) is 6.61. The molecule has 0 fully saturated rings. The fourth-order valence-corrected chi connectivity index (χ4v) is 4.12. The summed E-state index contributed by atoms with van der Waals surface area (Å²) in [5.41, 5.74) is 1.60. The lowest BCUT2D eigenvalue weighted by molar-refractivity contribution is 0.560. The first kappa shape index (κ1) is 15.3. The maximum absolute atomic E-state index is 12.6. The van der Waals surface area contributed by atoms with Gasteiger partial charge in [0.05, 0.1) is 15.2 Å². The van der Waals surface area contributed by atoms with Crippen molar-refractivity contribution in [1.29, 1.82) is 0 Å². The molecule has 1 N–H and O–H groups in total. The Morgan fingerprint density at radius 1 is 1.25 bits per heavy atom. The second kappa shape index (κ2) is 5.00. The number of nitrogens with zero attached hydrogens (tertiary/aromatic N) is 1. The van der Waals surface area contributed by atoms with E-state index in [1.54, 1.807) is 46.1 Å². The van der Waals surface area contributed by atoms with E-state index in [4.69, 9.17) is 0 Å². The third-order valence-electron chi connectivity index (χ3n) is 3.16. The summed E-state index contributed by atoms with van der Waals surface area (Å²) in [6.45, 7) is 5.09. The Kier molecular flexibility index (Phi) is 3.81. The first-order chi connectivity index (χ1) is 9.18. The highest BCUT2D eigenvalue weighted by Crippen LogP contribution is 2.35. The average molecular weight is 357 g/mol. The van der Waals surface area contributed by atoms with Crippen molar-refractivity contribution in [3.8, 4) is 0 Å². The highest BCUT2D eigenvalue weighted by atomic mass is 79.9. The molecule has 4 nitrogen and oxygen atoms in total. The van der Waals surface area contributed by atoms with Crippen LogP contribution in [-0.4, -0.2) is 25.2 Å². The van der Waals surface area contributed by atoms with Crippen molar-refractivity contribution in [3.63, 3.8) is 0 Å². The van der Waals surface area contributed by atoms with E-state index in [0.717, 1.165) is 16.6 Å². The Bertz CT molecular complexity index is 765. The summed E-state index contributed by atoms with van der Waals surface area (Å²) < 4.78 is 25.0. The normalized spacial score (nSPS) is 12.7. The molecule has 0 atom stereocenters. The zero-order chi connectivity index (χ0) is 15.1. The first-order valence-electron chi connectivity index (χ1n) is 6.19. The van der Waals surface area contributed by atoms with E-state index < -0.39 is 14.6 Å². The predicted octanol–water partition coefficient (Wildman–Crippen LogP) is 3.61. The van der Waals surface area contributed by atoms with E-state index in [9.17, 15) is 8.42 Å². The molecule has 0 saturated heterocycles. The second-order valence-electron chi connectivity index (χ2n) is 5.52. The van der Waals surface area contributed by atoms with Crippen molar-refractivity contribution >= 4 is 42.4 Å². The van der Waals surface area contributed by atoms with Crippen LogP contribution in [0.4, 0.5) is 5.69 Å². The van der Waals surface area contributed by atoms with E-state index in [1.807, 2.05) is 6.07 Å². The predicted molar refractivity (Wildman–Crippen MR) is 85.9 cm³/mol. The molecular weight excluding hydrogens is 340 g/mol. The molecule has 2 aromatic rings. The summed E-state index contributed by atoms with van der Waals surface area (Å²) in [5, 5.41) is 3.85. The zero-order valence-corrected chi connectivity index (χ0v) is 14.3. The molecular formula is C14H17BrN2O2S. The van der Waals surface area contributed by atoms with Gasteiger partial charge in [-0.15, -0.1) is 0 Å². The molecule has 0 spiro atoms. The van der Waals surface area contributed by atoms with Gasteiger partial charge < -0.3 is 5.32 Å². The summed E-state index contributed by atoms with van der Waals surface area (Å²) in [7, 11) is -1.63. The van der Waals surface area contributed by atoms with Gasteiger partial charge >= 0.3 is 0 Å². The molecule has 2 rings (SSSR count). The van der Waals surface area contributed by atoms with Crippen molar-refractivity contribution in [1.82, 2.24) is 4.98 Å². The number of sulfone groups is 1. The fourth-order valence-electron chi connectivity index (χ4n) is 1.90. The van der Waals surface area contributed by atoms with Gasteiger partial charge in [0.25, 0.3) is 0 Å². The van der Waals surface area contributed by atoms with Crippen LogP contribution in [0.25, 0.3) is 10.9 Å². The van der Waals surface area contributed by atoms with Crippen LogP contribution in [0.3, 0.4) is 0 Å². The van der Waals surface area contributed by atoms with E-state index >= 15 is 0 Å². The van der Waals surface area contributed by atoms with Gasteiger partial charge in [-0.2, -0.15) is 0 Å². The number of hydrogen-bond donors (Lipinski definition) is 1. The number of aromatic nitrogens is 1. The zero-order valence-electron chi connectivity index (χ0n) is 11.9. The fraction of sp³-hybridized carbons (Fsp3) is 0.357. The Labute approximate surface area is 127 Å². The van der Waals surface area contributed by atoms with Gasteiger partial charge in [-0.3, -0.25) is 4.98 Å². The Hall–Kier alpha value is -1.14. The highest BCUT2D eigenvalue weighted by Gasteiger charge is 2.32. The number of halogens is 1. The number of nitrogens with one attached hydrogen (secondary N) is 1. The molecule has 0 aliphatic rings. The number of hydrogen-bond acceptors (Lipinski definition) is 4. The second-order valence-corrected chi connectivity index (χ2v) is 9.05. The molecule has 1 heterocycles. The van der Waals surface area contributed by atoms with Crippen LogP contribution in [-0.2, 0) is 9.84 Å². The number of benzene rings is 1. The van der Waals surface area contributed by atoms with Gasteiger partial charge in [0.2, 0.25) is 0 Å². The van der Waals surface area contributed by atoms with E-state index in [2.05, 4.69) is 26.2 Å². The summed E-state index contributed by atoms with van der Waals surface area (Å²) >= 11 is 3.35. The minimum atomic E-state index is -3.43. The van der Waals surface area contributed by atoms with E-state index in [0.29, 0.717) is 9.37 Å². The van der Waals surface area contributed by atoms with E-state index in [1.165, 1.54) is 0 Å². The lowest BCUT2D eigenvalue weighted by Gasteiger charge is -2.20. The lowest BCUT2D eigenvalue weighted by atomic mass is 10.2. The van der Waals surface area contributed by atoms with Crippen molar-refractivity contribution in [2.24, 2.45) is 0 Å². The van der Waals surface area contributed by atoms with Gasteiger partial charge in [0.15, 0.2) is 9.84 Å². The smallest absolute Gasteiger partial charge is 0.184 e. The van der Waals surface area contributed by atoms with Crippen molar-refractivity contribution in [3.05, 3.63) is 28.9 Å². The topological polar surface area (TPSA) is 59.1 Å². The molecule has 1 aromatic heterocycles. The SMILES string of the molecule is CNc1ccnc2cc(Br)c(S(=O)(=O)C(C)(C)C)cc12. The van der Waals surface area contributed by atoms with Gasteiger partial charge in [-0.25, -0.2) is 8.42 Å². The minimum Gasteiger partial charge on any atom is -0.388 e. The molecule has 0 aliphatic carbocycles. The monoisotopic (exact) mass is 356 g/mol. The van der Waals surface area contributed by atoms with E-state index in [-0.39, 0.29) is 0 Å². The maximum atomic E-state index is 12.6. The van der Waals surface area contributed by atoms with Crippen LogP contribution < -0.4 is 5.32 Å². The molecule has 0 unspecified atom stereocenters. The lowest BCUT2D eigenvalue weighted by Crippen LogP contribution is -2.28. The number of anilines is 1. The van der Waals surface area contributed by atoms with Gasteiger partial charge in [-0.1, -0.05) is 0 Å². The molecule has 20 heavy (non-hydrogen) atoms. The first-order valence-corrected chi connectivity index (χ1v) is 8.47. The maximum Gasteiger partial charge on any atom is 0.184 e. The number of rotatable bonds is 2. The number of pyridine rings is 1. The highest BCUT2D eigenvalue weighted by molar-refractivity contribution is 9.10. The Balaban J connectivity index is 2.83. The van der Waals surface area contributed by atoms with Gasteiger partial charge in [0, 0.05) is 28.8 Å². The summed E-state index contributed by atoms with van der Waals surface area (Å²) in [6.07, 6.45) is 1.69. The molecule has 0 saturated carbocycles. The molecule has 0 amide bonds. The molecule has 0 bridgehead atoms. The Morgan fingerprint density at radius 3 is 2.45 bits per heavy atom. The van der Waals surface area contributed by atoms with Crippen molar-refractivity contribution in [2.45, 2.75) is 30.4 Å². The minimum absolute atomic E-state index is 0.294. The summed E-state index contributed by atoms with van der Waals surface area (Å²) in [4.78, 5) is 4.56. The molecule has 0 radical (unpaired) electrons.